The number of hydrogen-bond donors (Lipinski definition) is 3. The standard InChI is InChI=1S/C26H28ClN7O/c1-15-9-24(35-2)30-12-19(15)16-10-23-25(32-18-8-7-17(28)11-18)20(13-31-34(23)14-16)26(29)33-22-6-4-3-5-21(22)27/h3-6,9-10,12-14,17-18,32H,7-8,11,28H2,1-2H3,(H2,29,33)/t17-,18+/m0/s1. The number of benzene rings is 1. The fraction of sp³-hybridized carbons (Fsp3) is 0.269. The highest BCUT2D eigenvalue weighted by Crippen LogP contribution is 2.33. The van der Waals surface area contributed by atoms with Crippen LogP contribution in [0.25, 0.3) is 16.6 Å². The minimum absolute atomic E-state index is 0.193. The van der Waals surface area contributed by atoms with Crippen LogP contribution in [0.2, 0.25) is 5.02 Å². The molecule has 3 aromatic heterocycles. The number of aromatic nitrogens is 3. The highest BCUT2D eigenvalue weighted by Gasteiger charge is 2.24. The molecule has 0 amide bonds. The predicted octanol–water partition coefficient (Wildman–Crippen LogP) is 4.70. The van der Waals surface area contributed by atoms with E-state index in [4.69, 9.17) is 27.8 Å². The Bertz CT molecular complexity index is 1410. The van der Waals surface area contributed by atoms with Crippen molar-refractivity contribution in [2.24, 2.45) is 16.5 Å². The number of halogens is 1. The van der Waals surface area contributed by atoms with Gasteiger partial charge in [-0.25, -0.2) is 14.5 Å². The van der Waals surface area contributed by atoms with E-state index in [0.717, 1.165) is 47.2 Å². The van der Waals surface area contributed by atoms with E-state index in [0.29, 0.717) is 28.0 Å². The van der Waals surface area contributed by atoms with Crippen molar-refractivity contribution >= 4 is 34.3 Å². The SMILES string of the molecule is COc1cc(C)c(-c2cc3c(N[C@@H]4CC[C@H](N)C4)c(/C(N)=N/c4ccccc4Cl)cnn3c2)cn1. The number of aliphatic imine (C=N–C) groups is 1. The molecule has 1 saturated carbocycles. The smallest absolute Gasteiger partial charge is 0.213 e. The van der Waals surface area contributed by atoms with Crippen LogP contribution in [0.1, 0.15) is 30.4 Å². The lowest BCUT2D eigenvalue weighted by molar-refractivity contribution is 0.397. The molecule has 5 N–H and O–H groups in total. The number of anilines is 1. The first-order chi connectivity index (χ1) is 16.9. The zero-order chi connectivity index (χ0) is 24.5. The maximum absolute atomic E-state index is 6.52. The van der Waals surface area contributed by atoms with Gasteiger partial charge in [-0.15, -0.1) is 0 Å². The maximum Gasteiger partial charge on any atom is 0.213 e. The van der Waals surface area contributed by atoms with Gasteiger partial charge in [-0.2, -0.15) is 5.10 Å². The Hall–Kier alpha value is -3.62. The molecule has 0 aliphatic heterocycles. The number of nitrogens with two attached hydrogens (primary N) is 2. The minimum atomic E-state index is 0.193. The molecule has 35 heavy (non-hydrogen) atoms. The highest BCUT2D eigenvalue weighted by atomic mass is 35.5. The van der Waals surface area contributed by atoms with E-state index in [2.05, 4.69) is 26.5 Å². The fourth-order valence-electron chi connectivity index (χ4n) is 4.58. The largest absolute Gasteiger partial charge is 0.481 e. The van der Waals surface area contributed by atoms with Crippen molar-refractivity contribution in [1.82, 2.24) is 14.6 Å². The monoisotopic (exact) mass is 489 g/mol. The molecule has 1 aliphatic rings. The number of nitrogens with one attached hydrogen (secondary N) is 1. The van der Waals surface area contributed by atoms with Gasteiger partial charge in [0.25, 0.3) is 0 Å². The van der Waals surface area contributed by atoms with Crippen molar-refractivity contribution < 1.29 is 4.74 Å². The molecular weight excluding hydrogens is 462 g/mol. The van der Waals surface area contributed by atoms with Crippen LogP contribution in [-0.4, -0.2) is 39.6 Å². The van der Waals surface area contributed by atoms with Gasteiger partial charge in [-0.05, 0) is 49.9 Å². The molecule has 0 saturated heterocycles. The third-order valence-corrected chi connectivity index (χ3v) is 6.75. The van der Waals surface area contributed by atoms with E-state index < -0.39 is 0 Å². The zero-order valence-corrected chi connectivity index (χ0v) is 20.5. The lowest BCUT2D eigenvalue weighted by atomic mass is 10.1. The minimum Gasteiger partial charge on any atom is -0.481 e. The van der Waals surface area contributed by atoms with E-state index in [1.165, 1.54) is 0 Å². The van der Waals surface area contributed by atoms with Crippen LogP contribution in [0.15, 0.2) is 60.0 Å². The molecule has 1 aliphatic carbocycles. The Morgan fingerprint density at radius 2 is 2.06 bits per heavy atom. The Morgan fingerprint density at radius 3 is 2.77 bits per heavy atom. The van der Waals surface area contributed by atoms with Gasteiger partial charge >= 0.3 is 0 Å². The van der Waals surface area contributed by atoms with Crippen molar-refractivity contribution in [3.63, 3.8) is 0 Å². The molecule has 1 fully saturated rings. The number of nitrogens with zero attached hydrogens (tertiary/aromatic N) is 4. The number of hydrogen-bond acceptors (Lipinski definition) is 6. The van der Waals surface area contributed by atoms with Gasteiger partial charge in [0.15, 0.2) is 0 Å². The van der Waals surface area contributed by atoms with Crippen molar-refractivity contribution in [2.45, 2.75) is 38.3 Å². The number of methoxy groups -OCH3 is 1. The fourth-order valence-corrected chi connectivity index (χ4v) is 4.76. The first kappa shape index (κ1) is 23.1. The second-order valence-electron chi connectivity index (χ2n) is 8.90. The van der Waals surface area contributed by atoms with Gasteiger partial charge in [0, 0.05) is 41.7 Å². The summed E-state index contributed by atoms with van der Waals surface area (Å²) in [4.78, 5) is 8.99. The first-order valence-electron chi connectivity index (χ1n) is 11.6. The summed E-state index contributed by atoms with van der Waals surface area (Å²) < 4.78 is 7.11. The molecule has 0 bridgehead atoms. The summed E-state index contributed by atoms with van der Waals surface area (Å²) in [6.45, 7) is 2.04. The summed E-state index contributed by atoms with van der Waals surface area (Å²) in [6, 6.07) is 11.8. The number of amidine groups is 1. The Kier molecular flexibility index (Phi) is 6.32. The van der Waals surface area contributed by atoms with Gasteiger partial charge in [-0.3, -0.25) is 0 Å². The van der Waals surface area contributed by atoms with Crippen molar-refractivity contribution in [3.05, 3.63) is 71.1 Å². The molecule has 8 nitrogen and oxygen atoms in total. The zero-order valence-electron chi connectivity index (χ0n) is 19.7. The summed E-state index contributed by atoms with van der Waals surface area (Å²) in [6.07, 6.45) is 8.42. The second-order valence-corrected chi connectivity index (χ2v) is 9.30. The molecule has 2 atom stereocenters. The van der Waals surface area contributed by atoms with Gasteiger partial charge < -0.3 is 21.5 Å². The number of fused-ring (bicyclic) bond motifs is 1. The Labute approximate surface area is 209 Å². The Morgan fingerprint density at radius 1 is 1.23 bits per heavy atom. The molecule has 5 rings (SSSR count). The lowest BCUT2D eigenvalue weighted by Crippen LogP contribution is -2.24. The van der Waals surface area contributed by atoms with Crippen LogP contribution in [0.5, 0.6) is 5.88 Å². The number of pyridine rings is 1. The van der Waals surface area contributed by atoms with Crippen molar-refractivity contribution in [3.8, 4) is 17.0 Å². The number of ether oxygens (including phenoxy) is 1. The summed E-state index contributed by atoms with van der Waals surface area (Å²) >= 11 is 6.32. The van der Waals surface area contributed by atoms with Gasteiger partial charge in [0.05, 0.1) is 40.8 Å². The van der Waals surface area contributed by atoms with Crippen molar-refractivity contribution in [2.75, 3.05) is 12.4 Å². The topological polar surface area (TPSA) is 116 Å². The summed E-state index contributed by atoms with van der Waals surface area (Å²) in [5.41, 5.74) is 18.9. The summed E-state index contributed by atoms with van der Waals surface area (Å²) in [5, 5.41) is 8.87. The Balaban J connectivity index is 1.63. The van der Waals surface area contributed by atoms with E-state index in [1.54, 1.807) is 19.4 Å². The molecular formula is C26H28ClN7O. The molecule has 0 spiro atoms. The van der Waals surface area contributed by atoms with Crippen LogP contribution < -0.4 is 21.5 Å². The summed E-state index contributed by atoms with van der Waals surface area (Å²) in [5.74, 6) is 0.918. The van der Waals surface area contributed by atoms with Crippen LogP contribution >= 0.6 is 11.6 Å². The summed E-state index contributed by atoms with van der Waals surface area (Å²) in [7, 11) is 1.61. The predicted molar refractivity (Wildman–Crippen MR) is 141 cm³/mol. The van der Waals surface area contributed by atoms with Crippen LogP contribution in [0.3, 0.4) is 0 Å². The lowest BCUT2D eigenvalue weighted by Gasteiger charge is -2.18. The molecule has 0 radical (unpaired) electrons. The van der Waals surface area contributed by atoms with Crippen LogP contribution in [-0.2, 0) is 0 Å². The molecule has 9 heteroatoms. The van der Waals surface area contributed by atoms with Gasteiger partial charge in [0.2, 0.25) is 5.88 Å². The normalized spacial score (nSPS) is 18.2. The van der Waals surface area contributed by atoms with Crippen LogP contribution in [0.4, 0.5) is 11.4 Å². The average Bonchev–Trinajstić information content (AvgIpc) is 3.46. The number of aryl methyl sites for hydroxylation is 1. The number of para-hydroxylation sites is 1. The average molecular weight is 490 g/mol. The third-order valence-electron chi connectivity index (χ3n) is 6.43. The highest BCUT2D eigenvalue weighted by molar-refractivity contribution is 6.33. The first-order valence-corrected chi connectivity index (χ1v) is 11.9. The van der Waals surface area contributed by atoms with E-state index in [1.807, 2.05) is 48.1 Å². The van der Waals surface area contributed by atoms with Gasteiger partial charge in [-0.1, -0.05) is 23.7 Å². The second kappa shape index (κ2) is 9.56. The van der Waals surface area contributed by atoms with E-state index in [-0.39, 0.29) is 12.1 Å². The molecule has 180 valence electrons. The molecule has 4 aromatic rings. The van der Waals surface area contributed by atoms with Gasteiger partial charge in [0.1, 0.15) is 5.84 Å². The quantitative estimate of drug-likeness (QED) is 0.267. The molecule has 1 aromatic carbocycles. The molecule has 0 unspecified atom stereocenters. The van der Waals surface area contributed by atoms with Crippen LogP contribution in [0, 0.1) is 6.92 Å². The molecule has 3 heterocycles. The van der Waals surface area contributed by atoms with E-state index >= 15 is 0 Å². The third kappa shape index (κ3) is 4.67. The number of rotatable bonds is 6. The van der Waals surface area contributed by atoms with Crippen molar-refractivity contribution in [1.29, 1.82) is 0 Å². The van der Waals surface area contributed by atoms with E-state index in [9.17, 15) is 0 Å². The maximum atomic E-state index is 6.52.